The molecule has 0 aliphatic carbocycles. The third-order valence-electron chi connectivity index (χ3n) is 3.90. The van der Waals surface area contributed by atoms with Gasteiger partial charge in [-0.15, -0.1) is 12.4 Å². The Hall–Kier alpha value is -0.840. The van der Waals surface area contributed by atoms with Crippen LogP contribution >= 0.6 is 24.0 Å². The Morgan fingerprint density at radius 2 is 2.14 bits per heavy atom. The van der Waals surface area contributed by atoms with Gasteiger partial charge in [-0.25, -0.2) is 4.39 Å². The maximum absolute atomic E-state index is 13.6. The molecule has 0 aromatic heterocycles. The zero-order valence-electron chi connectivity index (χ0n) is 12.0. The van der Waals surface area contributed by atoms with Gasteiger partial charge in [-0.3, -0.25) is 4.79 Å². The van der Waals surface area contributed by atoms with Crippen molar-refractivity contribution in [2.24, 2.45) is 11.8 Å². The maximum atomic E-state index is 13.6. The van der Waals surface area contributed by atoms with Crippen LogP contribution in [0.25, 0.3) is 0 Å². The van der Waals surface area contributed by atoms with Gasteiger partial charge in [-0.1, -0.05) is 18.5 Å². The van der Waals surface area contributed by atoms with Crippen molar-refractivity contribution < 1.29 is 9.18 Å². The molecule has 6 heteroatoms. The Morgan fingerprint density at radius 1 is 1.48 bits per heavy atom. The van der Waals surface area contributed by atoms with Gasteiger partial charge in [0.1, 0.15) is 5.82 Å². The molecule has 1 unspecified atom stereocenters. The molecule has 0 bridgehead atoms. The molecule has 1 aliphatic rings. The van der Waals surface area contributed by atoms with E-state index in [-0.39, 0.29) is 24.0 Å². The summed E-state index contributed by atoms with van der Waals surface area (Å²) in [7, 11) is 0. The minimum Gasteiger partial charge on any atom is -0.324 e. The van der Waals surface area contributed by atoms with E-state index < -0.39 is 5.82 Å². The van der Waals surface area contributed by atoms with Gasteiger partial charge in [0.25, 0.3) is 0 Å². The second-order valence-corrected chi connectivity index (χ2v) is 5.88. The second-order valence-electron chi connectivity index (χ2n) is 5.44. The second kappa shape index (κ2) is 8.57. The standard InChI is InChI=1S/C15H20ClFN2O.ClH/c1-10(11-4-6-18-7-5-11)8-15(20)19-14-3-2-12(16)9-13(14)17;/h2-3,9-11,18H,4-8H2,1H3,(H,19,20);1H. The van der Waals surface area contributed by atoms with Crippen LogP contribution in [0, 0.1) is 17.7 Å². The smallest absolute Gasteiger partial charge is 0.224 e. The number of nitrogens with one attached hydrogen (secondary N) is 2. The lowest BCUT2D eigenvalue weighted by Crippen LogP contribution is -2.32. The lowest BCUT2D eigenvalue weighted by Gasteiger charge is -2.27. The quantitative estimate of drug-likeness (QED) is 0.877. The van der Waals surface area contributed by atoms with Crippen molar-refractivity contribution in [3.63, 3.8) is 0 Å². The largest absolute Gasteiger partial charge is 0.324 e. The Balaban J connectivity index is 0.00000220. The fraction of sp³-hybridized carbons (Fsp3) is 0.533. The SMILES string of the molecule is CC(CC(=O)Nc1ccc(Cl)cc1F)C1CCNCC1.Cl. The summed E-state index contributed by atoms with van der Waals surface area (Å²) in [6.45, 7) is 4.12. The topological polar surface area (TPSA) is 41.1 Å². The zero-order chi connectivity index (χ0) is 14.5. The van der Waals surface area contributed by atoms with Crippen LogP contribution in [-0.4, -0.2) is 19.0 Å². The van der Waals surface area contributed by atoms with E-state index >= 15 is 0 Å². The minimum absolute atomic E-state index is 0. The molecule has 1 heterocycles. The molecule has 3 nitrogen and oxygen atoms in total. The Labute approximate surface area is 136 Å². The zero-order valence-corrected chi connectivity index (χ0v) is 13.6. The van der Waals surface area contributed by atoms with Crippen molar-refractivity contribution in [1.29, 1.82) is 0 Å². The molecule has 0 radical (unpaired) electrons. The van der Waals surface area contributed by atoms with Gasteiger partial charge in [0.05, 0.1) is 5.69 Å². The fourth-order valence-electron chi connectivity index (χ4n) is 2.66. The summed E-state index contributed by atoms with van der Waals surface area (Å²) >= 11 is 5.68. The normalized spacial score (nSPS) is 16.9. The van der Waals surface area contributed by atoms with E-state index in [4.69, 9.17) is 11.6 Å². The van der Waals surface area contributed by atoms with Gasteiger partial charge in [0.2, 0.25) is 5.91 Å². The number of amides is 1. The Morgan fingerprint density at radius 3 is 2.76 bits per heavy atom. The van der Waals surface area contributed by atoms with E-state index in [2.05, 4.69) is 17.6 Å². The molecular weight excluding hydrogens is 314 g/mol. The van der Waals surface area contributed by atoms with Gasteiger partial charge in [0.15, 0.2) is 0 Å². The average Bonchev–Trinajstić information content (AvgIpc) is 2.43. The first-order chi connectivity index (χ1) is 9.56. The molecule has 1 fully saturated rings. The highest BCUT2D eigenvalue weighted by Gasteiger charge is 2.22. The molecule has 21 heavy (non-hydrogen) atoms. The monoisotopic (exact) mass is 334 g/mol. The van der Waals surface area contributed by atoms with Gasteiger partial charge in [-0.05, 0) is 56.0 Å². The van der Waals surface area contributed by atoms with E-state index in [0.29, 0.717) is 23.3 Å². The minimum atomic E-state index is -0.500. The number of rotatable bonds is 4. The van der Waals surface area contributed by atoms with E-state index in [1.165, 1.54) is 12.1 Å². The molecule has 0 saturated carbocycles. The third kappa shape index (κ3) is 5.46. The average molecular weight is 335 g/mol. The molecule has 1 saturated heterocycles. The summed E-state index contributed by atoms with van der Waals surface area (Å²) in [6, 6.07) is 4.26. The molecule has 0 spiro atoms. The summed E-state index contributed by atoms with van der Waals surface area (Å²) in [4.78, 5) is 12.0. The highest BCUT2D eigenvalue weighted by atomic mass is 35.5. The van der Waals surface area contributed by atoms with E-state index in [0.717, 1.165) is 25.9 Å². The number of halogens is 3. The molecule has 1 amide bonds. The Bertz CT molecular complexity index is 479. The first kappa shape index (κ1) is 18.2. The summed E-state index contributed by atoms with van der Waals surface area (Å²) in [5.74, 6) is 0.238. The number of carbonyl (C=O) groups excluding carboxylic acids is 1. The lowest BCUT2D eigenvalue weighted by atomic mass is 9.84. The van der Waals surface area contributed by atoms with Gasteiger partial charge >= 0.3 is 0 Å². The predicted molar refractivity (Wildman–Crippen MR) is 86.7 cm³/mol. The maximum Gasteiger partial charge on any atom is 0.224 e. The van der Waals surface area contributed by atoms with Crippen molar-refractivity contribution >= 4 is 35.6 Å². The molecule has 1 aromatic rings. The fourth-order valence-corrected chi connectivity index (χ4v) is 2.82. The first-order valence-corrected chi connectivity index (χ1v) is 7.39. The first-order valence-electron chi connectivity index (χ1n) is 7.02. The molecule has 1 aromatic carbocycles. The number of benzene rings is 1. The highest BCUT2D eigenvalue weighted by Crippen LogP contribution is 2.25. The van der Waals surface area contributed by atoms with Crippen LogP contribution in [0.15, 0.2) is 18.2 Å². The van der Waals surface area contributed by atoms with Crippen LogP contribution in [0.4, 0.5) is 10.1 Å². The van der Waals surface area contributed by atoms with Gasteiger partial charge < -0.3 is 10.6 Å². The molecule has 1 aliphatic heterocycles. The highest BCUT2D eigenvalue weighted by molar-refractivity contribution is 6.30. The summed E-state index contributed by atoms with van der Waals surface area (Å²) < 4.78 is 13.6. The summed E-state index contributed by atoms with van der Waals surface area (Å²) in [6.07, 6.45) is 2.63. The van der Waals surface area contributed by atoms with Crippen molar-refractivity contribution in [3.8, 4) is 0 Å². The molecule has 2 N–H and O–H groups in total. The lowest BCUT2D eigenvalue weighted by molar-refractivity contribution is -0.117. The van der Waals surface area contributed by atoms with Gasteiger partial charge in [0, 0.05) is 11.4 Å². The van der Waals surface area contributed by atoms with Crippen molar-refractivity contribution in [3.05, 3.63) is 29.0 Å². The van der Waals surface area contributed by atoms with Crippen LogP contribution in [0.5, 0.6) is 0 Å². The van der Waals surface area contributed by atoms with Crippen LogP contribution in [0.1, 0.15) is 26.2 Å². The Kier molecular flexibility index (Phi) is 7.43. The number of piperidine rings is 1. The number of hydrogen-bond acceptors (Lipinski definition) is 2. The van der Waals surface area contributed by atoms with Crippen LogP contribution in [0.2, 0.25) is 5.02 Å². The van der Waals surface area contributed by atoms with E-state index in [1.807, 2.05) is 0 Å². The van der Waals surface area contributed by atoms with E-state index in [9.17, 15) is 9.18 Å². The molecular formula is C15H21Cl2FN2O. The van der Waals surface area contributed by atoms with Crippen LogP contribution in [-0.2, 0) is 4.79 Å². The van der Waals surface area contributed by atoms with Crippen LogP contribution in [0.3, 0.4) is 0 Å². The van der Waals surface area contributed by atoms with Crippen molar-refractivity contribution in [1.82, 2.24) is 5.32 Å². The van der Waals surface area contributed by atoms with Crippen molar-refractivity contribution in [2.75, 3.05) is 18.4 Å². The van der Waals surface area contributed by atoms with E-state index in [1.54, 1.807) is 6.07 Å². The van der Waals surface area contributed by atoms with Gasteiger partial charge in [-0.2, -0.15) is 0 Å². The number of anilines is 1. The molecule has 1 atom stereocenters. The molecule has 2 rings (SSSR count). The number of hydrogen-bond donors (Lipinski definition) is 2. The predicted octanol–water partition coefficient (Wildman–Crippen LogP) is 3.87. The number of carbonyl (C=O) groups is 1. The van der Waals surface area contributed by atoms with Crippen molar-refractivity contribution in [2.45, 2.75) is 26.2 Å². The third-order valence-corrected chi connectivity index (χ3v) is 4.14. The summed E-state index contributed by atoms with van der Waals surface area (Å²) in [5.41, 5.74) is 0.192. The van der Waals surface area contributed by atoms with Crippen LogP contribution < -0.4 is 10.6 Å². The molecule has 118 valence electrons. The summed E-state index contributed by atoms with van der Waals surface area (Å²) in [5, 5.41) is 6.25.